The SMILES string of the molecule is CCN(CCC(=O)O)c1nc2ccccc2o1. The predicted molar refractivity (Wildman–Crippen MR) is 64.1 cm³/mol. The summed E-state index contributed by atoms with van der Waals surface area (Å²) in [6.07, 6.45) is 0.0760. The zero-order valence-corrected chi connectivity index (χ0v) is 9.59. The molecule has 2 aromatic rings. The molecule has 17 heavy (non-hydrogen) atoms. The van der Waals surface area contributed by atoms with Crippen molar-refractivity contribution in [1.82, 2.24) is 4.98 Å². The summed E-state index contributed by atoms with van der Waals surface area (Å²) in [5, 5.41) is 8.67. The number of para-hydroxylation sites is 2. The van der Waals surface area contributed by atoms with Crippen molar-refractivity contribution < 1.29 is 14.3 Å². The van der Waals surface area contributed by atoms with E-state index < -0.39 is 5.97 Å². The summed E-state index contributed by atoms with van der Waals surface area (Å²) in [6, 6.07) is 7.96. The molecule has 0 radical (unpaired) electrons. The van der Waals surface area contributed by atoms with Crippen LogP contribution in [-0.2, 0) is 4.79 Å². The molecule has 0 bridgehead atoms. The van der Waals surface area contributed by atoms with Crippen molar-refractivity contribution in [1.29, 1.82) is 0 Å². The molecular weight excluding hydrogens is 220 g/mol. The number of carboxylic acid groups (broad SMARTS) is 1. The summed E-state index contributed by atoms with van der Waals surface area (Å²) in [5.41, 5.74) is 1.51. The molecule has 0 atom stereocenters. The molecule has 1 N–H and O–H groups in total. The molecule has 0 fully saturated rings. The predicted octanol–water partition coefficient (Wildman–Crippen LogP) is 2.13. The lowest BCUT2D eigenvalue weighted by Gasteiger charge is -2.16. The van der Waals surface area contributed by atoms with Crippen LogP contribution in [0.15, 0.2) is 28.7 Å². The molecule has 0 aliphatic rings. The van der Waals surface area contributed by atoms with Gasteiger partial charge in [-0.1, -0.05) is 12.1 Å². The highest BCUT2D eigenvalue weighted by molar-refractivity contribution is 5.74. The maximum atomic E-state index is 10.5. The number of hydrogen-bond acceptors (Lipinski definition) is 4. The third kappa shape index (κ3) is 2.55. The molecule has 90 valence electrons. The fourth-order valence-electron chi connectivity index (χ4n) is 1.61. The highest BCUT2D eigenvalue weighted by atomic mass is 16.4. The van der Waals surface area contributed by atoms with E-state index in [4.69, 9.17) is 9.52 Å². The number of fused-ring (bicyclic) bond motifs is 1. The van der Waals surface area contributed by atoms with Gasteiger partial charge in [0.1, 0.15) is 5.52 Å². The summed E-state index contributed by atoms with van der Waals surface area (Å²) in [7, 11) is 0. The molecule has 0 unspecified atom stereocenters. The maximum Gasteiger partial charge on any atom is 0.305 e. The van der Waals surface area contributed by atoms with E-state index in [2.05, 4.69) is 4.98 Å². The number of nitrogens with zero attached hydrogens (tertiary/aromatic N) is 2. The molecule has 0 spiro atoms. The van der Waals surface area contributed by atoms with Crippen LogP contribution in [0.2, 0.25) is 0 Å². The van der Waals surface area contributed by atoms with E-state index in [-0.39, 0.29) is 6.42 Å². The van der Waals surface area contributed by atoms with Gasteiger partial charge in [0.05, 0.1) is 6.42 Å². The Morgan fingerprint density at radius 3 is 2.88 bits per heavy atom. The quantitative estimate of drug-likeness (QED) is 0.858. The smallest absolute Gasteiger partial charge is 0.305 e. The van der Waals surface area contributed by atoms with Gasteiger partial charge in [-0.3, -0.25) is 4.79 Å². The minimum Gasteiger partial charge on any atom is -0.481 e. The van der Waals surface area contributed by atoms with Crippen LogP contribution in [0.3, 0.4) is 0 Å². The first-order valence-corrected chi connectivity index (χ1v) is 5.53. The Hall–Kier alpha value is -2.04. The second kappa shape index (κ2) is 4.86. The fourth-order valence-corrected chi connectivity index (χ4v) is 1.61. The van der Waals surface area contributed by atoms with Gasteiger partial charge < -0.3 is 14.4 Å². The zero-order valence-electron chi connectivity index (χ0n) is 9.59. The molecule has 1 heterocycles. The number of hydrogen-bond donors (Lipinski definition) is 1. The van der Waals surface area contributed by atoms with Crippen LogP contribution in [0.1, 0.15) is 13.3 Å². The van der Waals surface area contributed by atoms with Crippen LogP contribution < -0.4 is 4.90 Å². The number of rotatable bonds is 5. The largest absolute Gasteiger partial charge is 0.481 e. The first kappa shape index (κ1) is 11.4. The number of aliphatic carboxylic acids is 1. The topological polar surface area (TPSA) is 66.6 Å². The maximum absolute atomic E-state index is 10.5. The lowest BCUT2D eigenvalue weighted by atomic mass is 10.3. The van der Waals surface area contributed by atoms with E-state index in [0.717, 1.165) is 11.1 Å². The van der Waals surface area contributed by atoms with E-state index in [1.54, 1.807) is 0 Å². The van der Waals surface area contributed by atoms with Gasteiger partial charge >= 0.3 is 5.97 Å². The average molecular weight is 234 g/mol. The molecule has 5 nitrogen and oxygen atoms in total. The third-order valence-corrected chi connectivity index (χ3v) is 2.53. The Bertz CT molecular complexity index is 488. The molecule has 0 aliphatic heterocycles. The second-order valence-electron chi connectivity index (χ2n) is 3.69. The van der Waals surface area contributed by atoms with Gasteiger partial charge in [0.15, 0.2) is 5.58 Å². The second-order valence-corrected chi connectivity index (χ2v) is 3.69. The standard InChI is InChI=1S/C12H14N2O3/c1-2-14(8-7-11(15)16)12-13-9-5-3-4-6-10(9)17-12/h3-6H,2,7-8H2,1H3,(H,15,16). The van der Waals surface area contributed by atoms with Crippen molar-refractivity contribution in [3.05, 3.63) is 24.3 Å². The van der Waals surface area contributed by atoms with Crippen molar-refractivity contribution in [2.24, 2.45) is 0 Å². The number of benzene rings is 1. The number of carbonyl (C=O) groups is 1. The molecule has 0 aliphatic carbocycles. The van der Waals surface area contributed by atoms with Crippen molar-refractivity contribution in [2.45, 2.75) is 13.3 Å². The Morgan fingerprint density at radius 1 is 1.47 bits per heavy atom. The third-order valence-electron chi connectivity index (χ3n) is 2.53. The summed E-state index contributed by atoms with van der Waals surface area (Å²) >= 11 is 0. The van der Waals surface area contributed by atoms with Crippen LogP contribution in [0.25, 0.3) is 11.1 Å². The first-order chi connectivity index (χ1) is 8.20. The summed E-state index contributed by atoms with van der Waals surface area (Å²) in [5.74, 6) is -0.820. The van der Waals surface area contributed by atoms with Crippen LogP contribution >= 0.6 is 0 Å². The van der Waals surface area contributed by atoms with Gasteiger partial charge in [0.2, 0.25) is 0 Å². The van der Waals surface area contributed by atoms with Gasteiger partial charge in [-0.05, 0) is 19.1 Å². The summed E-state index contributed by atoms with van der Waals surface area (Å²) in [4.78, 5) is 16.7. The molecule has 1 aromatic carbocycles. The van der Waals surface area contributed by atoms with E-state index in [9.17, 15) is 4.79 Å². The van der Waals surface area contributed by atoms with Gasteiger partial charge in [0, 0.05) is 13.1 Å². The number of oxazole rings is 1. The minimum absolute atomic E-state index is 0.0760. The highest BCUT2D eigenvalue weighted by Crippen LogP contribution is 2.21. The first-order valence-electron chi connectivity index (χ1n) is 5.53. The lowest BCUT2D eigenvalue weighted by Crippen LogP contribution is -2.25. The Morgan fingerprint density at radius 2 is 2.24 bits per heavy atom. The van der Waals surface area contributed by atoms with E-state index in [0.29, 0.717) is 19.1 Å². The Labute approximate surface area is 98.7 Å². The van der Waals surface area contributed by atoms with Crippen LogP contribution in [-0.4, -0.2) is 29.1 Å². The molecule has 5 heteroatoms. The van der Waals surface area contributed by atoms with E-state index >= 15 is 0 Å². The zero-order chi connectivity index (χ0) is 12.3. The average Bonchev–Trinajstić information content (AvgIpc) is 2.72. The van der Waals surface area contributed by atoms with Crippen LogP contribution in [0.4, 0.5) is 6.01 Å². The molecule has 1 aromatic heterocycles. The van der Waals surface area contributed by atoms with Gasteiger partial charge in [-0.15, -0.1) is 0 Å². The van der Waals surface area contributed by atoms with Gasteiger partial charge in [-0.25, -0.2) is 0 Å². The molecule has 0 saturated carbocycles. The molecule has 0 amide bonds. The van der Waals surface area contributed by atoms with Gasteiger partial charge in [0.25, 0.3) is 6.01 Å². The van der Waals surface area contributed by atoms with Gasteiger partial charge in [-0.2, -0.15) is 4.98 Å². The number of aromatic nitrogens is 1. The van der Waals surface area contributed by atoms with Crippen molar-refractivity contribution >= 4 is 23.1 Å². The Balaban J connectivity index is 2.21. The number of anilines is 1. The van der Waals surface area contributed by atoms with Crippen molar-refractivity contribution in [3.8, 4) is 0 Å². The Kier molecular flexibility index (Phi) is 3.27. The fraction of sp³-hybridized carbons (Fsp3) is 0.333. The van der Waals surface area contributed by atoms with E-state index in [1.165, 1.54) is 0 Å². The molecular formula is C12H14N2O3. The van der Waals surface area contributed by atoms with Crippen molar-refractivity contribution in [2.75, 3.05) is 18.0 Å². The lowest BCUT2D eigenvalue weighted by molar-refractivity contribution is -0.136. The van der Waals surface area contributed by atoms with Crippen LogP contribution in [0, 0.1) is 0 Å². The van der Waals surface area contributed by atoms with Crippen molar-refractivity contribution in [3.63, 3.8) is 0 Å². The molecule has 0 saturated heterocycles. The minimum atomic E-state index is -0.820. The highest BCUT2D eigenvalue weighted by Gasteiger charge is 2.13. The normalized spacial score (nSPS) is 10.6. The monoisotopic (exact) mass is 234 g/mol. The van der Waals surface area contributed by atoms with E-state index in [1.807, 2.05) is 36.1 Å². The molecule has 2 rings (SSSR count). The number of carboxylic acids is 1. The summed E-state index contributed by atoms with van der Waals surface area (Å²) < 4.78 is 5.58. The summed E-state index contributed by atoms with van der Waals surface area (Å²) in [6.45, 7) is 3.01. The van der Waals surface area contributed by atoms with Crippen LogP contribution in [0.5, 0.6) is 0 Å².